The maximum atomic E-state index is 12.9. The minimum absolute atomic E-state index is 0. The lowest BCUT2D eigenvalue weighted by molar-refractivity contribution is 0.104. The number of likely N-dealkylation sites (N-methyl/N-ethyl adjacent to an activating group) is 1. The fourth-order valence-corrected chi connectivity index (χ4v) is 3.80. The van der Waals surface area contributed by atoms with Gasteiger partial charge < -0.3 is 9.64 Å². The van der Waals surface area contributed by atoms with Crippen LogP contribution in [0.1, 0.15) is 29.8 Å². The van der Waals surface area contributed by atoms with Gasteiger partial charge in [0.1, 0.15) is 12.4 Å². The van der Waals surface area contributed by atoms with Crippen LogP contribution in [0.2, 0.25) is 0 Å². The Bertz CT molecular complexity index is 979. The van der Waals surface area contributed by atoms with Gasteiger partial charge in [-0.2, -0.15) is 0 Å². The Balaban J connectivity index is 0.00000210. The monoisotopic (exact) mass is 381 g/mol. The van der Waals surface area contributed by atoms with Gasteiger partial charge in [0.2, 0.25) is 0 Å². The summed E-state index contributed by atoms with van der Waals surface area (Å²) in [5, 5.41) is 2.15. The highest BCUT2D eigenvalue weighted by Gasteiger charge is 2.29. The number of carbonyl (C=O) groups is 1. The number of hydrogen-bond donors (Lipinski definition) is 0. The third-order valence-electron chi connectivity index (χ3n) is 5.25. The third kappa shape index (κ3) is 3.33. The summed E-state index contributed by atoms with van der Waals surface area (Å²) in [6.45, 7) is 7.84. The summed E-state index contributed by atoms with van der Waals surface area (Å²) in [5.41, 5.74) is 3.60. The molecule has 3 aromatic rings. The second-order valence-corrected chi connectivity index (χ2v) is 6.59. The van der Waals surface area contributed by atoms with Gasteiger partial charge in [-0.3, -0.25) is 4.79 Å². The van der Waals surface area contributed by atoms with Crippen LogP contribution in [0.5, 0.6) is 5.75 Å². The van der Waals surface area contributed by atoms with Gasteiger partial charge in [0.25, 0.3) is 0 Å². The van der Waals surface area contributed by atoms with E-state index in [1.54, 1.807) is 0 Å². The van der Waals surface area contributed by atoms with Gasteiger partial charge in [-0.05, 0) is 30.1 Å². The van der Waals surface area contributed by atoms with Crippen LogP contribution >= 0.6 is 12.4 Å². The van der Waals surface area contributed by atoms with Gasteiger partial charge in [-0.15, -0.1) is 12.4 Å². The van der Waals surface area contributed by atoms with E-state index >= 15 is 0 Å². The molecular weight excluding hydrogens is 358 g/mol. The number of fused-ring (bicyclic) bond motifs is 5. The van der Waals surface area contributed by atoms with Crippen molar-refractivity contribution in [2.75, 3.05) is 26.2 Å². The molecule has 1 aliphatic carbocycles. The molecule has 0 unspecified atom stereocenters. The van der Waals surface area contributed by atoms with Gasteiger partial charge >= 0.3 is 0 Å². The van der Waals surface area contributed by atoms with E-state index in [-0.39, 0.29) is 18.2 Å². The normalized spacial score (nSPS) is 12.0. The molecule has 3 nitrogen and oxygen atoms in total. The van der Waals surface area contributed by atoms with Crippen LogP contribution in [0.3, 0.4) is 0 Å². The Morgan fingerprint density at radius 3 is 2.19 bits per heavy atom. The first-order chi connectivity index (χ1) is 12.7. The molecule has 0 aromatic heterocycles. The number of ether oxygens (including phenoxy) is 1. The first-order valence-corrected chi connectivity index (χ1v) is 9.29. The van der Waals surface area contributed by atoms with Gasteiger partial charge in [0, 0.05) is 28.6 Å². The van der Waals surface area contributed by atoms with Crippen LogP contribution in [-0.2, 0) is 0 Å². The number of rotatable bonds is 6. The Morgan fingerprint density at radius 1 is 0.852 bits per heavy atom. The molecule has 0 spiro atoms. The highest BCUT2D eigenvalue weighted by Crippen LogP contribution is 2.44. The van der Waals surface area contributed by atoms with Crippen molar-refractivity contribution < 1.29 is 9.53 Å². The fraction of sp³-hybridized carbons (Fsp3) is 0.261. The topological polar surface area (TPSA) is 29.5 Å². The molecule has 0 saturated carbocycles. The zero-order valence-electron chi connectivity index (χ0n) is 15.7. The second kappa shape index (κ2) is 8.12. The lowest BCUT2D eigenvalue weighted by Crippen LogP contribution is -2.27. The standard InChI is InChI=1S/C23H23NO2.ClH/c1-3-24(4-2)13-14-26-21-15-20-22(17-10-6-5-9-16(17)21)18-11-7-8-12-19(18)23(20)25;/h5-12,15H,3-4,13-14H2,1-2H3;1H. The molecule has 0 N–H and O–H groups in total. The van der Waals surface area contributed by atoms with Crippen molar-refractivity contribution in [1.29, 1.82) is 0 Å². The number of benzene rings is 3. The number of carbonyl (C=O) groups excluding carboxylic acids is 1. The molecule has 0 amide bonds. The van der Waals surface area contributed by atoms with Crippen molar-refractivity contribution in [2.24, 2.45) is 0 Å². The van der Waals surface area contributed by atoms with Crippen molar-refractivity contribution in [3.05, 3.63) is 65.7 Å². The average Bonchev–Trinajstić information content (AvgIpc) is 2.98. The van der Waals surface area contributed by atoms with Crippen molar-refractivity contribution in [3.8, 4) is 16.9 Å². The second-order valence-electron chi connectivity index (χ2n) is 6.59. The third-order valence-corrected chi connectivity index (χ3v) is 5.25. The fourth-order valence-electron chi connectivity index (χ4n) is 3.80. The average molecular weight is 382 g/mol. The molecule has 0 atom stereocenters. The van der Waals surface area contributed by atoms with E-state index in [2.05, 4.69) is 30.9 Å². The summed E-state index contributed by atoms with van der Waals surface area (Å²) in [6, 6.07) is 18.0. The van der Waals surface area contributed by atoms with Gasteiger partial charge in [-0.25, -0.2) is 0 Å². The van der Waals surface area contributed by atoms with Crippen LogP contribution in [0.15, 0.2) is 54.6 Å². The minimum Gasteiger partial charge on any atom is -0.492 e. The van der Waals surface area contributed by atoms with Crippen molar-refractivity contribution >= 4 is 29.0 Å². The molecule has 1 aliphatic rings. The zero-order chi connectivity index (χ0) is 18.1. The van der Waals surface area contributed by atoms with Crippen molar-refractivity contribution in [2.45, 2.75) is 13.8 Å². The summed E-state index contributed by atoms with van der Waals surface area (Å²) >= 11 is 0. The largest absolute Gasteiger partial charge is 0.492 e. The molecule has 0 radical (unpaired) electrons. The highest BCUT2D eigenvalue weighted by atomic mass is 35.5. The predicted molar refractivity (Wildman–Crippen MR) is 113 cm³/mol. The van der Waals surface area contributed by atoms with Crippen LogP contribution in [0.25, 0.3) is 21.9 Å². The van der Waals surface area contributed by atoms with E-state index in [1.807, 2.05) is 42.5 Å². The Kier molecular flexibility index (Phi) is 5.83. The smallest absolute Gasteiger partial charge is 0.194 e. The number of nitrogens with zero attached hydrogens (tertiary/aromatic N) is 1. The summed E-state index contributed by atoms with van der Waals surface area (Å²) in [7, 11) is 0. The molecule has 3 aromatic carbocycles. The molecular formula is C23H24ClNO2. The first-order valence-electron chi connectivity index (χ1n) is 9.29. The minimum atomic E-state index is 0. The van der Waals surface area contributed by atoms with E-state index in [4.69, 9.17) is 4.74 Å². The summed E-state index contributed by atoms with van der Waals surface area (Å²) in [6.07, 6.45) is 0. The van der Waals surface area contributed by atoms with Gasteiger partial charge in [-0.1, -0.05) is 62.4 Å². The Morgan fingerprint density at radius 2 is 1.48 bits per heavy atom. The molecule has 140 valence electrons. The quantitative estimate of drug-likeness (QED) is 0.460. The maximum Gasteiger partial charge on any atom is 0.194 e. The van der Waals surface area contributed by atoms with Crippen LogP contribution in [-0.4, -0.2) is 36.9 Å². The number of ketones is 1. The Labute approximate surface area is 166 Å². The molecule has 0 saturated heterocycles. The van der Waals surface area contributed by atoms with E-state index in [0.29, 0.717) is 6.61 Å². The SMILES string of the molecule is CCN(CC)CCOc1cc2c(c3ccccc13)-c1ccccc1C2=O.Cl. The van der Waals surface area contributed by atoms with Crippen molar-refractivity contribution in [3.63, 3.8) is 0 Å². The molecule has 0 aliphatic heterocycles. The van der Waals surface area contributed by atoms with Gasteiger partial charge in [0.05, 0.1) is 0 Å². The first kappa shape index (κ1) is 19.4. The number of hydrogen-bond acceptors (Lipinski definition) is 3. The zero-order valence-corrected chi connectivity index (χ0v) is 16.5. The number of halogens is 1. The van der Waals surface area contributed by atoms with E-state index < -0.39 is 0 Å². The summed E-state index contributed by atoms with van der Waals surface area (Å²) < 4.78 is 6.13. The van der Waals surface area contributed by atoms with Crippen LogP contribution in [0.4, 0.5) is 0 Å². The highest BCUT2D eigenvalue weighted by molar-refractivity contribution is 6.26. The van der Waals surface area contributed by atoms with Gasteiger partial charge in [0.15, 0.2) is 5.78 Å². The van der Waals surface area contributed by atoms with E-state index in [0.717, 1.165) is 58.4 Å². The molecule has 0 heterocycles. The van der Waals surface area contributed by atoms with Crippen molar-refractivity contribution in [1.82, 2.24) is 4.90 Å². The Hall–Kier alpha value is -2.36. The summed E-state index contributed by atoms with van der Waals surface area (Å²) in [5.74, 6) is 0.891. The van der Waals surface area contributed by atoms with Crippen LogP contribution < -0.4 is 4.74 Å². The lowest BCUT2D eigenvalue weighted by atomic mass is 9.97. The van der Waals surface area contributed by atoms with Crippen LogP contribution in [0, 0.1) is 0 Å². The molecule has 4 heteroatoms. The molecule has 27 heavy (non-hydrogen) atoms. The van der Waals surface area contributed by atoms with E-state index in [9.17, 15) is 4.79 Å². The molecule has 4 rings (SSSR count). The molecule has 0 bridgehead atoms. The lowest BCUT2D eigenvalue weighted by Gasteiger charge is -2.19. The van der Waals surface area contributed by atoms with E-state index in [1.165, 1.54) is 0 Å². The molecule has 0 fully saturated rings. The predicted octanol–water partition coefficient (Wildman–Crippen LogP) is 5.19. The maximum absolute atomic E-state index is 12.9. The summed E-state index contributed by atoms with van der Waals surface area (Å²) in [4.78, 5) is 15.2.